The number of rotatable bonds is 5. The van der Waals surface area contributed by atoms with Crippen molar-refractivity contribution >= 4 is 27.5 Å². The highest BCUT2D eigenvalue weighted by Gasteiger charge is 2.24. The van der Waals surface area contributed by atoms with Crippen LogP contribution in [-0.4, -0.2) is 15.9 Å². The molecule has 0 amide bonds. The number of nitrogens with zero attached hydrogens (tertiary/aromatic N) is 1. The Morgan fingerprint density at radius 3 is 2.62 bits per heavy atom. The van der Waals surface area contributed by atoms with Crippen molar-refractivity contribution in [2.45, 2.75) is 46.1 Å². The van der Waals surface area contributed by atoms with E-state index in [1.807, 2.05) is 51.1 Å². The summed E-state index contributed by atoms with van der Waals surface area (Å²) in [5.74, 6) is -0.271. The van der Waals surface area contributed by atoms with Gasteiger partial charge in [-0.3, -0.25) is 9.59 Å². The van der Waals surface area contributed by atoms with Crippen LogP contribution in [0.5, 0.6) is 0 Å². The minimum absolute atomic E-state index is 0.190. The van der Waals surface area contributed by atoms with E-state index >= 15 is 0 Å². The van der Waals surface area contributed by atoms with Crippen molar-refractivity contribution in [3.05, 3.63) is 62.5 Å². The van der Waals surface area contributed by atoms with Crippen molar-refractivity contribution in [3.8, 4) is 0 Å². The summed E-state index contributed by atoms with van der Waals surface area (Å²) in [7, 11) is 0. The molecule has 0 saturated heterocycles. The van der Waals surface area contributed by atoms with Gasteiger partial charge in [0.05, 0.1) is 11.3 Å². The molecule has 5 nitrogen and oxygen atoms in total. The van der Waals surface area contributed by atoms with Gasteiger partial charge in [0.1, 0.15) is 4.83 Å². The van der Waals surface area contributed by atoms with E-state index in [9.17, 15) is 9.59 Å². The standard InChI is InChI=1S/C20H22N2O3S/c1-5-15(14-9-7-6-8-10-14)20(24)25-12(3)17-21-18(23)16-11(2)13(4)26-19(16)22-17/h6-10,12,15H,5H2,1-4H3,(H,21,22,23)/t12-,15+/m0/s1. The van der Waals surface area contributed by atoms with E-state index in [4.69, 9.17) is 4.74 Å². The average molecular weight is 370 g/mol. The van der Waals surface area contributed by atoms with Gasteiger partial charge in [-0.25, -0.2) is 4.98 Å². The van der Waals surface area contributed by atoms with Crippen molar-refractivity contribution in [2.24, 2.45) is 0 Å². The van der Waals surface area contributed by atoms with Gasteiger partial charge in [0.15, 0.2) is 11.9 Å². The lowest BCUT2D eigenvalue weighted by Gasteiger charge is -2.18. The molecule has 0 aliphatic heterocycles. The number of aromatic amines is 1. The number of ether oxygens (including phenoxy) is 1. The van der Waals surface area contributed by atoms with Crippen molar-refractivity contribution in [1.82, 2.24) is 9.97 Å². The number of carbonyl (C=O) groups is 1. The van der Waals surface area contributed by atoms with Crippen LogP contribution in [0.15, 0.2) is 35.1 Å². The first kappa shape index (κ1) is 18.3. The zero-order valence-corrected chi connectivity index (χ0v) is 16.1. The predicted molar refractivity (Wildman–Crippen MR) is 104 cm³/mol. The Balaban J connectivity index is 1.85. The van der Waals surface area contributed by atoms with E-state index in [1.54, 1.807) is 6.92 Å². The van der Waals surface area contributed by atoms with Crippen LogP contribution in [0.1, 0.15) is 54.1 Å². The average Bonchev–Trinajstić information content (AvgIpc) is 2.91. The molecule has 0 spiro atoms. The van der Waals surface area contributed by atoms with Crippen LogP contribution in [0.3, 0.4) is 0 Å². The number of nitrogens with one attached hydrogen (secondary N) is 1. The van der Waals surface area contributed by atoms with Crippen LogP contribution in [0.25, 0.3) is 10.2 Å². The smallest absolute Gasteiger partial charge is 0.314 e. The molecule has 3 rings (SSSR count). The summed E-state index contributed by atoms with van der Waals surface area (Å²) < 4.78 is 5.62. The van der Waals surface area contributed by atoms with Gasteiger partial charge in [-0.1, -0.05) is 37.3 Å². The first-order chi connectivity index (χ1) is 12.4. The Hall–Kier alpha value is -2.47. The van der Waals surface area contributed by atoms with Gasteiger partial charge in [-0.2, -0.15) is 0 Å². The maximum Gasteiger partial charge on any atom is 0.314 e. The highest BCUT2D eigenvalue weighted by atomic mass is 32.1. The fraction of sp³-hybridized carbons (Fsp3) is 0.350. The minimum atomic E-state index is -0.625. The van der Waals surface area contributed by atoms with E-state index in [1.165, 1.54) is 11.3 Å². The van der Waals surface area contributed by atoms with Gasteiger partial charge in [-0.05, 0) is 38.3 Å². The molecule has 0 bridgehead atoms. The molecule has 0 saturated carbocycles. The molecule has 0 fully saturated rings. The summed E-state index contributed by atoms with van der Waals surface area (Å²) in [6.45, 7) is 7.57. The molecule has 0 unspecified atom stereocenters. The van der Waals surface area contributed by atoms with E-state index in [0.717, 1.165) is 16.0 Å². The Morgan fingerprint density at radius 2 is 1.96 bits per heavy atom. The SMILES string of the molecule is CC[C@@H](C(=O)O[C@@H](C)c1nc2sc(C)c(C)c2c(=O)[nH]1)c1ccccc1. The van der Waals surface area contributed by atoms with Crippen molar-refractivity contribution in [1.29, 1.82) is 0 Å². The zero-order chi connectivity index (χ0) is 18.8. The lowest BCUT2D eigenvalue weighted by molar-refractivity contribution is -0.151. The maximum absolute atomic E-state index is 12.6. The molecule has 2 heterocycles. The summed E-state index contributed by atoms with van der Waals surface area (Å²) in [5.41, 5.74) is 1.68. The molecular weight excluding hydrogens is 348 g/mol. The van der Waals surface area contributed by atoms with E-state index in [-0.39, 0.29) is 17.4 Å². The quantitative estimate of drug-likeness (QED) is 0.676. The van der Waals surface area contributed by atoms with E-state index in [0.29, 0.717) is 22.5 Å². The molecular formula is C20H22N2O3S. The Kier molecular flexibility index (Phi) is 5.23. The number of esters is 1. The number of aryl methyl sites for hydroxylation is 2. The summed E-state index contributed by atoms with van der Waals surface area (Å²) in [4.78, 5) is 34.1. The van der Waals surface area contributed by atoms with Crippen LogP contribution in [0.2, 0.25) is 0 Å². The van der Waals surface area contributed by atoms with Gasteiger partial charge < -0.3 is 9.72 Å². The van der Waals surface area contributed by atoms with Crippen LogP contribution >= 0.6 is 11.3 Å². The van der Waals surface area contributed by atoms with E-state index < -0.39 is 6.10 Å². The molecule has 136 valence electrons. The first-order valence-corrected chi connectivity index (χ1v) is 9.49. The zero-order valence-electron chi connectivity index (χ0n) is 15.3. The number of fused-ring (bicyclic) bond motifs is 1. The molecule has 3 aromatic rings. The molecule has 1 aromatic carbocycles. The second kappa shape index (κ2) is 7.41. The second-order valence-electron chi connectivity index (χ2n) is 6.37. The molecule has 26 heavy (non-hydrogen) atoms. The molecule has 2 atom stereocenters. The number of hydrogen-bond donors (Lipinski definition) is 1. The van der Waals surface area contributed by atoms with Gasteiger partial charge >= 0.3 is 5.97 Å². The monoisotopic (exact) mass is 370 g/mol. The molecule has 0 aliphatic rings. The number of hydrogen-bond acceptors (Lipinski definition) is 5. The van der Waals surface area contributed by atoms with Gasteiger partial charge in [0.25, 0.3) is 5.56 Å². The predicted octanol–water partition coefficient (Wildman–Crippen LogP) is 4.40. The van der Waals surface area contributed by atoms with Crippen LogP contribution in [-0.2, 0) is 9.53 Å². The maximum atomic E-state index is 12.6. The minimum Gasteiger partial charge on any atom is -0.454 e. The number of aromatic nitrogens is 2. The molecule has 1 N–H and O–H groups in total. The third-order valence-corrected chi connectivity index (χ3v) is 5.73. The van der Waals surface area contributed by atoms with Gasteiger partial charge in [0.2, 0.25) is 0 Å². The molecule has 6 heteroatoms. The summed E-state index contributed by atoms with van der Waals surface area (Å²) in [6, 6.07) is 9.57. The molecule has 0 aliphatic carbocycles. The number of H-pyrrole nitrogens is 1. The summed E-state index contributed by atoms with van der Waals surface area (Å²) >= 11 is 1.48. The first-order valence-electron chi connectivity index (χ1n) is 8.67. The topological polar surface area (TPSA) is 72.0 Å². The lowest BCUT2D eigenvalue weighted by atomic mass is 9.97. The normalized spacial score (nSPS) is 13.5. The highest BCUT2D eigenvalue weighted by Crippen LogP contribution is 2.28. The van der Waals surface area contributed by atoms with Crippen LogP contribution in [0.4, 0.5) is 0 Å². The molecule has 2 aromatic heterocycles. The molecule has 0 radical (unpaired) electrons. The number of benzene rings is 1. The Labute approximate surface area is 156 Å². The third kappa shape index (κ3) is 3.42. The highest BCUT2D eigenvalue weighted by molar-refractivity contribution is 7.18. The Bertz CT molecular complexity index is 991. The summed E-state index contributed by atoms with van der Waals surface area (Å²) in [5, 5.41) is 0.616. The largest absolute Gasteiger partial charge is 0.454 e. The van der Waals surface area contributed by atoms with Crippen molar-refractivity contribution in [3.63, 3.8) is 0 Å². The third-order valence-electron chi connectivity index (χ3n) is 4.63. The van der Waals surface area contributed by atoms with Gasteiger partial charge in [-0.15, -0.1) is 11.3 Å². The number of carbonyl (C=O) groups excluding carboxylic acids is 1. The van der Waals surface area contributed by atoms with Crippen molar-refractivity contribution < 1.29 is 9.53 Å². The fourth-order valence-electron chi connectivity index (χ4n) is 3.00. The van der Waals surface area contributed by atoms with Crippen LogP contribution < -0.4 is 5.56 Å². The summed E-state index contributed by atoms with van der Waals surface area (Å²) in [6.07, 6.45) is 0.0158. The lowest BCUT2D eigenvalue weighted by Crippen LogP contribution is -2.20. The number of thiophene rings is 1. The fourth-order valence-corrected chi connectivity index (χ4v) is 4.04. The second-order valence-corrected chi connectivity index (χ2v) is 7.57. The van der Waals surface area contributed by atoms with E-state index in [2.05, 4.69) is 9.97 Å². The van der Waals surface area contributed by atoms with Gasteiger partial charge in [0, 0.05) is 4.88 Å². The van der Waals surface area contributed by atoms with Crippen molar-refractivity contribution in [2.75, 3.05) is 0 Å². The Morgan fingerprint density at radius 1 is 1.27 bits per heavy atom. The van der Waals surface area contributed by atoms with Crippen LogP contribution in [0, 0.1) is 13.8 Å².